The lowest BCUT2D eigenvalue weighted by atomic mass is 10.1. The average Bonchev–Trinajstić information content (AvgIpc) is 3.16. The van der Waals surface area contributed by atoms with Crippen LogP contribution < -0.4 is 10.1 Å². The highest BCUT2D eigenvalue weighted by molar-refractivity contribution is 5.97. The number of hydrogen-bond acceptors (Lipinski definition) is 5. The van der Waals surface area contributed by atoms with E-state index in [2.05, 4.69) is 20.8 Å². The number of methoxy groups -OCH3 is 1. The van der Waals surface area contributed by atoms with Gasteiger partial charge in [0.25, 0.3) is 5.91 Å². The van der Waals surface area contributed by atoms with Crippen molar-refractivity contribution in [1.82, 2.24) is 25.5 Å². The molecule has 25 heavy (non-hydrogen) atoms. The first kappa shape index (κ1) is 16.6. The van der Waals surface area contributed by atoms with Gasteiger partial charge in [0.2, 0.25) is 0 Å². The van der Waals surface area contributed by atoms with Crippen molar-refractivity contribution in [3.05, 3.63) is 65.7 Å². The molecular formula is C17H16FN5O2. The Hall–Kier alpha value is -3.29. The predicted octanol–water partition coefficient (Wildman–Crippen LogP) is 1.78. The molecule has 1 N–H and O–H groups in total. The number of benzene rings is 2. The van der Waals surface area contributed by atoms with Gasteiger partial charge in [-0.2, -0.15) is 4.68 Å². The number of nitrogens with one attached hydrogen (secondary N) is 1. The molecule has 0 unspecified atom stereocenters. The Morgan fingerprint density at radius 3 is 2.88 bits per heavy atom. The molecular weight excluding hydrogens is 325 g/mol. The molecule has 0 radical (unpaired) electrons. The van der Waals surface area contributed by atoms with Crippen LogP contribution in [0.5, 0.6) is 5.75 Å². The number of ether oxygens (including phenoxy) is 1. The molecule has 3 aromatic rings. The van der Waals surface area contributed by atoms with Gasteiger partial charge in [0, 0.05) is 12.6 Å². The maximum atomic E-state index is 13.5. The van der Waals surface area contributed by atoms with Crippen LogP contribution in [0.25, 0.3) is 5.69 Å². The Balaban J connectivity index is 1.72. The number of tetrazole rings is 1. The van der Waals surface area contributed by atoms with E-state index in [0.29, 0.717) is 13.0 Å². The Morgan fingerprint density at radius 2 is 2.12 bits per heavy atom. The van der Waals surface area contributed by atoms with Crippen molar-refractivity contribution in [2.45, 2.75) is 6.42 Å². The van der Waals surface area contributed by atoms with Crippen LogP contribution in [0.2, 0.25) is 0 Å². The molecule has 0 saturated heterocycles. The van der Waals surface area contributed by atoms with Crippen molar-refractivity contribution >= 4 is 5.91 Å². The second-order valence-corrected chi connectivity index (χ2v) is 5.23. The van der Waals surface area contributed by atoms with Crippen molar-refractivity contribution in [3.8, 4) is 11.4 Å². The quantitative estimate of drug-likeness (QED) is 0.739. The summed E-state index contributed by atoms with van der Waals surface area (Å²) in [6.07, 6.45) is 1.91. The van der Waals surface area contributed by atoms with Crippen LogP contribution in [-0.2, 0) is 6.42 Å². The van der Waals surface area contributed by atoms with Crippen LogP contribution in [0.15, 0.2) is 48.8 Å². The SMILES string of the molecule is COc1ccccc1CCNC(=O)c1ccc(F)cc1-n1cnnn1. The first-order chi connectivity index (χ1) is 12.2. The maximum absolute atomic E-state index is 13.5. The summed E-state index contributed by atoms with van der Waals surface area (Å²) >= 11 is 0. The molecule has 1 amide bonds. The topological polar surface area (TPSA) is 81.9 Å². The normalized spacial score (nSPS) is 10.5. The maximum Gasteiger partial charge on any atom is 0.253 e. The molecule has 0 aliphatic carbocycles. The molecule has 0 aliphatic heterocycles. The smallest absolute Gasteiger partial charge is 0.253 e. The molecule has 7 nitrogen and oxygen atoms in total. The molecule has 0 atom stereocenters. The number of carbonyl (C=O) groups excluding carboxylic acids is 1. The lowest BCUT2D eigenvalue weighted by Crippen LogP contribution is -2.27. The van der Waals surface area contributed by atoms with Crippen LogP contribution >= 0.6 is 0 Å². The van der Waals surface area contributed by atoms with Crippen LogP contribution in [0.3, 0.4) is 0 Å². The molecule has 8 heteroatoms. The minimum Gasteiger partial charge on any atom is -0.496 e. The number of carbonyl (C=O) groups is 1. The Kier molecular flexibility index (Phi) is 4.98. The van der Waals surface area contributed by atoms with Crippen molar-refractivity contribution in [1.29, 1.82) is 0 Å². The average molecular weight is 341 g/mol. The molecule has 3 rings (SSSR count). The zero-order valence-corrected chi connectivity index (χ0v) is 13.5. The minimum atomic E-state index is -0.476. The number of aromatic nitrogens is 4. The van der Waals surface area contributed by atoms with Crippen LogP contribution in [0.1, 0.15) is 15.9 Å². The van der Waals surface area contributed by atoms with E-state index in [-0.39, 0.29) is 17.2 Å². The summed E-state index contributed by atoms with van der Waals surface area (Å²) in [5.74, 6) is -0.0376. The van der Waals surface area contributed by atoms with Gasteiger partial charge in [0.1, 0.15) is 17.9 Å². The van der Waals surface area contributed by atoms with E-state index in [1.165, 1.54) is 29.2 Å². The van der Waals surface area contributed by atoms with Gasteiger partial charge in [-0.05, 0) is 40.6 Å². The summed E-state index contributed by atoms with van der Waals surface area (Å²) in [7, 11) is 1.61. The van der Waals surface area contributed by atoms with Gasteiger partial charge in [-0.1, -0.05) is 18.2 Å². The molecule has 1 heterocycles. The van der Waals surface area contributed by atoms with Crippen LogP contribution in [-0.4, -0.2) is 39.8 Å². The van der Waals surface area contributed by atoms with E-state index in [0.717, 1.165) is 11.3 Å². The van der Waals surface area contributed by atoms with Crippen molar-refractivity contribution < 1.29 is 13.9 Å². The molecule has 0 spiro atoms. The van der Waals surface area contributed by atoms with E-state index in [1.807, 2.05) is 24.3 Å². The largest absolute Gasteiger partial charge is 0.496 e. The summed E-state index contributed by atoms with van der Waals surface area (Å²) in [6.45, 7) is 0.408. The highest BCUT2D eigenvalue weighted by Crippen LogP contribution is 2.18. The second kappa shape index (κ2) is 7.52. The summed E-state index contributed by atoms with van der Waals surface area (Å²) in [6, 6.07) is 11.5. The molecule has 2 aromatic carbocycles. The van der Waals surface area contributed by atoms with Crippen LogP contribution in [0.4, 0.5) is 4.39 Å². The van der Waals surface area contributed by atoms with Gasteiger partial charge in [0.15, 0.2) is 0 Å². The van der Waals surface area contributed by atoms with Gasteiger partial charge in [0.05, 0.1) is 18.4 Å². The fourth-order valence-electron chi connectivity index (χ4n) is 2.47. The van der Waals surface area contributed by atoms with Gasteiger partial charge in [-0.3, -0.25) is 4.79 Å². The van der Waals surface area contributed by atoms with Crippen LogP contribution in [0, 0.1) is 5.82 Å². The molecule has 1 aromatic heterocycles. The van der Waals surface area contributed by atoms with Crippen molar-refractivity contribution in [3.63, 3.8) is 0 Å². The second-order valence-electron chi connectivity index (χ2n) is 5.23. The zero-order valence-electron chi connectivity index (χ0n) is 13.5. The summed E-state index contributed by atoms with van der Waals surface area (Å²) < 4.78 is 20.1. The molecule has 0 saturated carbocycles. The lowest BCUT2D eigenvalue weighted by molar-refractivity contribution is 0.0954. The van der Waals surface area contributed by atoms with E-state index in [9.17, 15) is 9.18 Å². The number of halogens is 1. The minimum absolute atomic E-state index is 0.278. The number of hydrogen-bond donors (Lipinski definition) is 1. The monoisotopic (exact) mass is 341 g/mol. The number of amides is 1. The predicted molar refractivity (Wildman–Crippen MR) is 88.1 cm³/mol. The first-order valence-electron chi connectivity index (χ1n) is 7.62. The Morgan fingerprint density at radius 1 is 1.28 bits per heavy atom. The van der Waals surface area contributed by atoms with E-state index in [1.54, 1.807) is 7.11 Å². The Labute approximate surface area is 143 Å². The Bertz CT molecular complexity index is 867. The van der Waals surface area contributed by atoms with Gasteiger partial charge < -0.3 is 10.1 Å². The highest BCUT2D eigenvalue weighted by atomic mass is 19.1. The molecule has 0 aliphatic rings. The number of rotatable bonds is 6. The number of nitrogens with zero attached hydrogens (tertiary/aromatic N) is 4. The molecule has 0 fully saturated rings. The van der Waals surface area contributed by atoms with E-state index in [4.69, 9.17) is 4.74 Å². The standard InChI is InChI=1S/C17H16FN5O2/c1-25-16-5-3-2-4-12(16)8-9-19-17(24)14-7-6-13(18)10-15(14)23-11-20-21-22-23/h2-7,10-11H,8-9H2,1H3,(H,19,24). The lowest BCUT2D eigenvalue weighted by Gasteiger charge is -2.11. The number of para-hydroxylation sites is 1. The zero-order chi connectivity index (χ0) is 17.6. The van der Waals surface area contributed by atoms with Crippen molar-refractivity contribution in [2.75, 3.05) is 13.7 Å². The molecule has 0 bridgehead atoms. The summed E-state index contributed by atoms with van der Waals surface area (Å²) in [4.78, 5) is 12.5. The molecule has 128 valence electrons. The third-order valence-corrected chi connectivity index (χ3v) is 3.67. The highest BCUT2D eigenvalue weighted by Gasteiger charge is 2.15. The van der Waals surface area contributed by atoms with E-state index >= 15 is 0 Å². The van der Waals surface area contributed by atoms with E-state index < -0.39 is 5.82 Å². The van der Waals surface area contributed by atoms with Gasteiger partial charge >= 0.3 is 0 Å². The fourth-order valence-corrected chi connectivity index (χ4v) is 2.47. The van der Waals surface area contributed by atoms with Gasteiger partial charge in [-0.25, -0.2) is 4.39 Å². The van der Waals surface area contributed by atoms with Gasteiger partial charge in [-0.15, -0.1) is 5.10 Å². The first-order valence-corrected chi connectivity index (χ1v) is 7.62. The summed E-state index contributed by atoms with van der Waals surface area (Å²) in [5, 5.41) is 13.6. The van der Waals surface area contributed by atoms with Crippen molar-refractivity contribution in [2.24, 2.45) is 0 Å². The third kappa shape index (κ3) is 3.79. The fraction of sp³-hybridized carbons (Fsp3) is 0.176. The summed E-state index contributed by atoms with van der Waals surface area (Å²) in [5.41, 5.74) is 1.55. The third-order valence-electron chi connectivity index (χ3n) is 3.67.